The van der Waals surface area contributed by atoms with Crippen LogP contribution in [0.25, 0.3) is 0 Å². The number of benzene rings is 1. The van der Waals surface area contributed by atoms with Gasteiger partial charge in [0.1, 0.15) is 5.75 Å². The van der Waals surface area contributed by atoms with E-state index in [0.29, 0.717) is 5.22 Å². The number of rotatable bonds is 5. The highest BCUT2D eigenvalue weighted by Crippen LogP contribution is 2.60. The molecule has 0 spiro atoms. The Morgan fingerprint density at radius 2 is 1.81 bits per heavy atom. The molecule has 0 radical (unpaired) electrons. The first-order chi connectivity index (χ1) is 12.6. The van der Waals surface area contributed by atoms with Crippen molar-refractivity contribution in [2.45, 2.75) is 61.8 Å². The fraction of sp³-hybridized carbons (Fsp3) is 0.619. The maximum Gasteiger partial charge on any atom is 0.276 e. The maximum absolute atomic E-state index is 6.19. The molecule has 0 unspecified atom stereocenters. The third kappa shape index (κ3) is 2.84. The number of thioether (sulfide) groups is 1. The normalized spacial score (nSPS) is 32.2. The van der Waals surface area contributed by atoms with Crippen LogP contribution in [0.1, 0.15) is 55.5 Å². The van der Waals surface area contributed by atoms with Gasteiger partial charge in [0.15, 0.2) is 0 Å². The van der Waals surface area contributed by atoms with Crippen LogP contribution in [-0.2, 0) is 11.2 Å². The van der Waals surface area contributed by atoms with Crippen molar-refractivity contribution in [3.63, 3.8) is 0 Å². The van der Waals surface area contributed by atoms with Crippen molar-refractivity contribution >= 4 is 11.8 Å². The highest BCUT2D eigenvalue weighted by atomic mass is 32.2. The lowest BCUT2D eigenvalue weighted by molar-refractivity contribution is -0.0191. The topological polar surface area (TPSA) is 48.2 Å². The van der Waals surface area contributed by atoms with Crippen molar-refractivity contribution in [2.24, 2.45) is 17.8 Å². The summed E-state index contributed by atoms with van der Waals surface area (Å²) in [5.74, 6) is 5.29. The van der Waals surface area contributed by atoms with E-state index in [9.17, 15) is 0 Å². The molecular formula is C21H26N2O2S. The number of ether oxygens (including phenoxy) is 1. The summed E-state index contributed by atoms with van der Waals surface area (Å²) in [4.78, 5) is 0. The van der Waals surface area contributed by atoms with E-state index in [1.54, 1.807) is 18.9 Å². The van der Waals surface area contributed by atoms with E-state index in [1.807, 2.05) is 6.07 Å². The van der Waals surface area contributed by atoms with Gasteiger partial charge in [-0.3, -0.25) is 0 Å². The molecule has 4 saturated carbocycles. The van der Waals surface area contributed by atoms with Crippen LogP contribution < -0.4 is 4.74 Å². The summed E-state index contributed by atoms with van der Waals surface area (Å²) in [6.45, 7) is 2.10. The zero-order chi connectivity index (χ0) is 17.7. The second-order valence-corrected chi connectivity index (χ2v) is 9.60. The van der Waals surface area contributed by atoms with Gasteiger partial charge in [0.2, 0.25) is 5.89 Å². The Morgan fingerprint density at radius 1 is 1.12 bits per heavy atom. The van der Waals surface area contributed by atoms with Gasteiger partial charge in [-0.25, -0.2) is 0 Å². The minimum atomic E-state index is 0.182. The largest absolute Gasteiger partial charge is 0.496 e. The van der Waals surface area contributed by atoms with Gasteiger partial charge >= 0.3 is 0 Å². The van der Waals surface area contributed by atoms with Crippen LogP contribution in [0.2, 0.25) is 0 Å². The predicted molar refractivity (Wildman–Crippen MR) is 101 cm³/mol. The van der Waals surface area contributed by atoms with E-state index in [2.05, 4.69) is 29.3 Å². The Kier molecular flexibility index (Phi) is 4.03. The molecule has 1 aromatic heterocycles. The van der Waals surface area contributed by atoms with Gasteiger partial charge in [0.05, 0.1) is 7.11 Å². The smallest absolute Gasteiger partial charge is 0.276 e. The van der Waals surface area contributed by atoms with Gasteiger partial charge in [-0.2, -0.15) is 0 Å². The molecule has 4 bridgehead atoms. The van der Waals surface area contributed by atoms with Gasteiger partial charge in [0.25, 0.3) is 5.22 Å². The van der Waals surface area contributed by atoms with Crippen LogP contribution in [0.3, 0.4) is 0 Å². The summed E-state index contributed by atoms with van der Waals surface area (Å²) in [5.41, 5.74) is 2.59. The summed E-state index contributed by atoms with van der Waals surface area (Å²) in [6.07, 6.45) is 8.08. The predicted octanol–water partition coefficient (Wildman–Crippen LogP) is 5.15. The lowest BCUT2D eigenvalue weighted by atomic mass is 9.49. The van der Waals surface area contributed by atoms with E-state index in [0.717, 1.165) is 35.1 Å². The molecule has 2 aromatic rings. The van der Waals surface area contributed by atoms with Gasteiger partial charge in [-0.15, -0.1) is 10.2 Å². The SMILES string of the molecule is COc1ccc(C)cc1CSc1nnc(C23CC4CC(CC(C4)C2)C3)o1. The average molecular weight is 371 g/mol. The summed E-state index contributed by atoms with van der Waals surface area (Å²) in [5, 5.41) is 9.58. The summed E-state index contributed by atoms with van der Waals surface area (Å²) in [7, 11) is 1.72. The van der Waals surface area contributed by atoms with Crippen molar-refractivity contribution in [3.05, 3.63) is 35.2 Å². The first kappa shape index (κ1) is 16.7. The van der Waals surface area contributed by atoms with Gasteiger partial charge in [0, 0.05) is 16.7 Å². The molecule has 0 saturated heterocycles. The molecular weight excluding hydrogens is 344 g/mol. The van der Waals surface area contributed by atoms with E-state index in [4.69, 9.17) is 9.15 Å². The fourth-order valence-electron chi connectivity index (χ4n) is 6.01. The van der Waals surface area contributed by atoms with E-state index < -0.39 is 0 Å². The highest BCUT2D eigenvalue weighted by molar-refractivity contribution is 7.98. The summed E-state index contributed by atoms with van der Waals surface area (Å²) >= 11 is 1.62. The molecule has 26 heavy (non-hydrogen) atoms. The lowest BCUT2D eigenvalue weighted by Crippen LogP contribution is -2.48. The van der Waals surface area contributed by atoms with Gasteiger partial charge in [-0.05, 0) is 69.3 Å². The average Bonchev–Trinajstić information content (AvgIpc) is 3.09. The molecule has 5 heteroatoms. The summed E-state index contributed by atoms with van der Waals surface area (Å²) in [6, 6.07) is 6.27. The molecule has 0 atom stereocenters. The first-order valence-electron chi connectivity index (χ1n) is 9.74. The molecule has 1 aromatic carbocycles. The first-order valence-corrected chi connectivity index (χ1v) is 10.7. The highest BCUT2D eigenvalue weighted by Gasteiger charge is 2.54. The Balaban J connectivity index is 1.33. The van der Waals surface area contributed by atoms with E-state index in [1.165, 1.54) is 49.7 Å². The fourth-order valence-corrected chi connectivity index (χ4v) is 6.76. The monoisotopic (exact) mass is 370 g/mol. The third-order valence-electron chi connectivity index (χ3n) is 6.69. The van der Waals surface area contributed by atoms with Crippen LogP contribution in [0.4, 0.5) is 0 Å². The standard InChI is InChI=1S/C21H26N2O2S/c1-13-3-4-18(24-2)17(5-13)12-26-20-23-22-19(25-20)21-9-14-6-15(10-21)8-16(7-14)11-21/h3-5,14-16H,6-12H2,1-2H3. The van der Waals surface area contributed by atoms with Crippen molar-refractivity contribution in [2.75, 3.05) is 7.11 Å². The Hall–Kier alpha value is -1.49. The molecule has 4 aliphatic rings. The Bertz CT molecular complexity index is 781. The molecule has 4 nitrogen and oxygen atoms in total. The second-order valence-electron chi connectivity index (χ2n) is 8.67. The van der Waals surface area contributed by atoms with Crippen LogP contribution >= 0.6 is 11.8 Å². The zero-order valence-electron chi connectivity index (χ0n) is 15.5. The Morgan fingerprint density at radius 3 is 2.46 bits per heavy atom. The molecule has 4 fully saturated rings. The Labute approximate surface area is 159 Å². The minimum absolute atomic E-state index is 0.182. The number of hydrogen-bond donors (Lipinski definition) is 0. The number of aryl methyl sites for hydroxylation is 1. The van der Waals surface area contributed by atoms with Crippen molar-refractivity contribution in [3.8, 4) is 5.75 Å². The molecule has 138 valence electrons. The van der Waals surface area contributed by atoms with Crippen molar-refractivity contribution in [1.82, 2.24) is 10.2 Å². The number of hydrogen-bond acceptors (Lipinski definition) is 5. The maximum atomic E-state index is 6.19. The van der Waals surface area contributed by atoms with Gasteiger partial charge in [-0.1, -0.05) is 29.5 Å². The van der Waals surface area contributed by atoms with Crippen LogP contribution in [-0.4, -0.2) is 17.3 Å². The van der Waals surface area contributed by atoms with Crippen molar-refractivity contribution in [1.29, 1.82) is 0 Å². The number of aromatic nitrogens is 2. The van der Waals surface area contributed by atoms with Crippen LogP contribution in [0.5, 0.6) is 5.75 Å². The van der Waals surface area contributed by atoms with Crippen molar-refractivity contribution < 1.29 is 9.15 Å². The molecule has 4 aliphatic carbocycles. The number of methoxy groups -OCH3 is 1. The van der Waals surface area contributed by atoms with Crippen LogP contribution in [0, 0.1) is 24.7 Å². The lowest BCUT2D eigenvalue weighted by Gasteiger charge is -2.55. The molecule has 1 heterocycles. The van der Waals surface area contributed by atoms with Gasteiger partial charge < -0.3 is 9.15 Å². The zero-order valence-corrected chi connectivity index (χ0v) is 16.3. The van der Waals surface area contributed by atoms with Crippen LogP contribution in [0.15, 0.2) is 27.8 Å². The quantitative estimate of drug-likeness (QED) is 0.682. The minimum Gasteiger partial charge on any atom is -0.496 e. The molecule has 0 N–H and O–H groups in total. The summed E-state index contributed by atoms with van der Waals surface area (Å²) < 4.78 is 11.7. The van der Waals surface area contributed by atoms with E-state index in [-0.39, 0.29) is 5.41 Å². The number of nitrogens with zero attached hydrogens (tertiary/aromatic N) is 2. The van der Waals surface area contributed by atoms with E-state index >= 15 is 0 Å². The molecule has 0 amide bonds. The second kappa shape index (κ2) is 6.29. The molecule has 6 rings (SSSR count). The third-order valence-corrected chi connectivity index (χ3v) is 7.55. The molecule has 0 aliphatic heterocycles.